The van der Waals surface area contributed by atoms with Crippen LogP contribution in [0.3, 0.4) is 0 Å². The van der Waals surface area contributed by atoms with Crippen LogP contribution in [-0.2, 0) is 4.74 Å². The molecular weight excluding hydrogens is 184 g/mol. The molecule has 0 N–H and O–H groups in total. The lowest BCUT2D eigenvalue weighted by Crippen LogP contribution is -2.41. The number of hydrogen-bond donors (Lipinski definition) is 0. The summed E-state index contributed by atoms with van der Waals surface area (Å²) in [7, 11) is 0. The zero-order chi connectivity index (χ0) is 11.1. The second-order valence-corrected chi connectivity index (χ2v) is 5.42. The van der Waals surface area contributed by atoms with E-state index < -0.39 is 0 Å². The molecule has 0 bridgehead atoms. The van der Waals surface area contributed by atoms with Crippen molar-refractivity contribution in [2.75, 3.05) is 0 Å². The molecule has 0 radical (unpaired) electrons. The molecule has 2 aliphatic rings. The number of ether oxygens (including phenoxy) is 1. The lowest BCUT2D eigenvalue weighted by atomic mass is 9.72. The number of rotatable bonds is 1. The van der Waals surface area contributed by atoms with Crippen LogP contribution in [-0.4, -0.2) is 11.7 Å². The Hall–Kier alpha value is -0.560. The molecule has 3 atom stereocenters. The van der Waals surface area contributed by atoms with E-state index in [2.05, 4.69) is 45.9 Å². The fourth-order valence-corrected chi connectivity index (χ4v) is 3.01. The van der Waals surface area contributed by atoms with E-state index in [0.717, 1.165) is 0 Å². The third-order valence-corrected chi connectivity index (χ3v) is 3.72. The molecule has 0 aromatic heterocycles. The summed E-state index contributed by atoms with van der Waals surface area (Å²) in [4.78, 5) is 0. The third-order valence-electron chi connectivity index (χ3n) is 3.72. The first-order chi connectivity index (χ1) is 7.03. The highest BCUT2D eigenvalue weighted by atomic mass is 16.5. The largest absolute Gasteiger partial charge is 0.359 e. The van der Waals surface area contributed by atoms with Gasteiger partial charge < -0.3 is 4.74 Å². The van der Waals surface area contributed by atoms with Crippen LogP contribution in [0.4, 0.5) is 0 Å². The second kappa shape index (κ2) is 3.79. The van der Waals surface area contributed by atoms with Crippen LogP contribution in [0, 0.1) is 11.8 Å². The molecule has 84 valence electrons. The molecule has 1 aliphatic heterocycles. The maximum atomic E-state index is 6.15. The van der Waals surface area contributed by atoms with Gasteiger partial charge in [0.15, 0.2) is 0 Å². The van der Waals surface area contributed by atoms with Gasteiger partial charge in [-0.15, -0.1) is 0 Å². The molecule has 1 nitrogen and oxygen atoms in total. The Kier molecular flexibility index (Phi) is 2.76. The van der Waals surface area contributed by atoms with Crippen LogP contribution in [0.1, 0.15) is 40.5 Å². The van der Waals surface area contributed by atoms with Gasteiger partial charge in [-0.1, -0.05) is 31.6 Å². The summed E-state index contributed by atoms with van der Waals surface area (Å²) in [5, 5.41) is 0. The monoisotopic (exact) mass is 206 g/mol. The van der Waals surface area contributed by atoms with Crippen LogP contribution >= 0.6 is 0 Å². The van der Waals surface area contributed by atoms with Gasteiger partial charge in [-0.2, -0.15) is 0 Å². The summed E-state index contributed by atoms with van der Waals surface area (Å²) in [6.07, 6.45) is 9.59. The van der Waals surface area contributed by atoms with Gasteiger partial charge in [-0.25, -0.2) is 0 Å². The van der Waals surface area contributed by atoms with Crippen molar-refractivity contribution in [1.29, 1.82) is 0 Å². The molecule has 15 heavy (non-hydrogen) atoms. The highest BCUT2D eigenvalue weighted by Gasteiger charge is 2.43. The molecule has 3 unspecified atom stereocenters. The van der Waals surface area contributed by atoms with Crippen molar-refractivity contribution in [2.24, 2.45) is 11.8 Å². The SMILES string of the molecule is CC1=CC2(C=CC(C)O2)C(C(C)C)CC1. The first-order valence-corrected chi connectivity index (χ1v) is 6.09. The molecular formula is C14H22O. The van der Waals surface area contributed by atoms with Gasteiger partial charge in [0.1, 0.15) is 5.60 Å². The zero-order valence-electron chi connectivity index (χ0n) is 10.3. The summed E-state index contributed by atoms with van der Waals surface area (Å²) >= 11 is 0. The Bertz CT molecular complexity index is 300. The molecule has 0 saturated heterocycles. The van der Waals surface area contributed by atoms with Crippen LogP contribution in [0.25, 0.3) is 0 Å². The van der Waals surface area contributed by atoms with Crippen molar-refractivity contribution in [2.45, 2.75) is 52.2 Å². The Labute approximate surface area is 93.2 Å². The van der Waals surface area contributed by atoms with E-state index in [1.54, 1.807) is 0 Å². The van der Waals surface area contributed by atoms with E-state index in [9.17, 15) is 0 Å². The fourth-order valence-electron chi connectivity index (χ4n) is 3.01. The van der Waals surface area contributed by atoms with Gasteiger partial charge in [0.25, 0.3) is 0 Å². The Morgan fingerprint density at radius 1 is 1.47 bits per heavy atom. The average molecular weight is 206 g/mol. The van der Waals surface area contributed by atoms with E-state index in [1.807, 2.05) is 0 Å². The summed E-state index contributed by atoms with van der Waals surface area (Å²) in [6.45, 7) is 8.96. The molecule has 0 amide bonds. The summed E-state index contributed by atoms with van der Waals surface area (Å²) < 4.78 is 6.15. The highest BCUT2D eigenvalue weighted by molar-refractivity contribution is 5.28. The van der Waals surface area contributed by atoms with Gasteiger partial charge in [0, 0.05) is 0 Å². The van der Waals surface area contributed by atoms with E-state index >= 15 is 0 Å². The van der Waals surface area contributed by atoms with Crippen molar-refractivity contribution in [3.8, 4) is 0 Å². The molecule has 1 aliphatic carbocycles. The first kappa shape index (κ1) is 10.9. The fraction of sp³-hybridized carbons (Fsp3) is 0.714. The maximum absolute atomic E-state index is 6.15. The number of hydrogen-bond acceptors (Lipinski definition) is 1. The molecule has 1 heterocycles. The minimum absolute atomic E-state index is 0.0874. The van der Waals surface area contributed by atoms with E-state index in [1.165, 1.54) is 18.4 Å². The van der Waals surface area contributed by atoms with Crippen LogP contribution in [0.15, 0.2) is 23.8 Å². The molecule has 0 aromatic rings. The number of allylic oxidation sites excluding steroid dienone is 1. The molecule has 1 spiro atoms. The Morgan fingerprint density at radius 2 is 2.20 bits per heavy atom. The van der Waals surface area contributed by atoms with E-state index in [4.69, 9.17) is 4.74 Å². The maximum Gasteiger partial charge on any atom is 0.108 e. The van der Waals surface area contributed by atoms with Gasteiger partial charge in [0.2, 0.25) is 0 Å². The van der Waals surface area contributed by atoms with Crippen LogP contribution < -0.4 is 0 Å². The topological polar surface area (TPSA) is 9.23 Å². The second-order valence-electron chi connectivity index (χ2n) is 5.42. The highest BCUT2D eigenvalue weighted by Crippen LogP contribution is 2.43. The van der Waals surface area contributed by atoms with Gasteiger partial charge in [-0.3, -0.25) is 0 Å². The van der Waals surface area contributed by atoms with Gasteiger partial charge >= 0.3 is 0 Å². The van der Waals surface area contributed by atoms with Crippen molar-refractivity contribution < 1.29 is 4.74 Å². The summed E-state index contributed by atoms with van der Waals surface area (Å²) in [6, 6.07) is 0. The minimum Gasteiger partial charge on any atom is -0.359 e. The van der Waals surface area contributed by atoms with Gasteiger partial charge in [0.05, 0.1) is 6.10 Å². The van der Waals surface area contributed by atoms with Crippen molar-refractivity contribution >= 4 is 0 Å². The standard InChI is InChI=1S/C14H22O/c1-10(2)13-6-5-11(3)9-14(13)8-7-12(4)15-14/h7-10,12-13H,5-6H2,1-4H3. The molecule has 0 saturated carbocycles. The third kappa shape index (κ3) is 1.90. The van der Waals surface area contributed by atoms with Crippen molar-refractivity contribution in [3.05, 3.63) is 23.8 Å². The quantitative estimate of drug-likeness (QED) is 0.594. The lowest BCUT2D eigenvalue weighted by Gasteiger charge is -2.40. The average Bonchev–Trinajstić information content (AvgIpc) is 2.47. The Balaban J connectivity index is 2.32. The van der Waals surface area contributed by atoms with Crippen molar-refractivity contribution in [1.82, 2.24) is 0 Å². The Morgan fingerprint density at radius 3 is 2.73 bits per heavy atom. The van der Waals surface area contributed by atoms with E-state index in [-0.39, 0.29) is 11.7 Å². The van der Waals surface area contributed by atoms with Crippen LogP contribution in [0.2, 0.25) is 0 Å². The minimum atomic E-state index is -0.0874. The molecule has 0 aromatic carbocycles. The summed E-state index contributed by atoms with van der Waals surface area (Å²) in [5.41, 5.74) is 1.39. The van der Waals surface area contributed by atoms with E-state index in [0.29, 0.717) is 11.8 Å². The predicted molar refractivity (Wildman–Crippen MR) is 63.7 cm³/mol. The normalized spacial score (nSPS) is 40.2. The predicted octanol–water partition coefficient (Wildman–Crippen LogP) is 3.71. The zero-order valence-corrected chi connectivity index (χ0v) is 10.3. The molecule has 1 heteroatoms. The summed E-state index contributed by atoms with van der Waals surface area (Å²) in [5.74, 6) is 1.33. The van der Waals surface area contributed by atoms with Gasteiger partial charge in [-0.05, 0) is 44.6 Å². The lowest BCUT2D eigenvalue weighted by molar-refractivity contribution is -0.0425. The van der Waals surface area contributed by atoms with Crippen LogP contribution in [0.5, 0.6) is 0 Å². The molecule has 0 fully saturated rings. The first-order valence-electron chi connectivity index (χ1n) is 6.09. The smallest absolute Gasteiger partial charge is 0.108 e. The molecule has 2 rings (SSSR count). The van der Waals surface area contributed by atoms with Crippen molar-refractivity contribution in [3.63, 3.8) is 0 Å².